The molecule has 0 atom stereocenters. The molecule has 24 heavy (non-hydrogen) atoms. The first-order valence-electron chi connectivity index (χ1n) is 7.99. The normalized spacial score (nSPS) is 11.2. The van der Waals surface area contributed by atoms with E-state index in [4.69, 9.17) is 4.74 Å². The average Bonchev–Trinajstić information content (AvgIpc) is 2.58. The van der Waals surface area contributed by atoms with Gasteiger partial charge in [0, 0.05) is 58.3 Å². The van der Waals surface area contributed by atoms with Gasteiger partial charge < -0.3 is 20.3 Å². The second-order valence-corrected chi connectivity index (χ2v) is 6.22. The number of rotatable bonds is 9. The number of hydrogen-bond acceptors (Lipinski definition) is 3. The number of halogens is 1. The number of carbonyl (C=O) groups is 1. The number of hydrogen-bond donors (Lipinski definition) is 2. The van der Waals surface area contributed by atoms with E-state index in [1.165, 1.54) is 0 Å². The fourth-order valence-electron chi connectivity index (χ4n) is 2.09. The first-order valence-corrected chi connectivity index (χ1v) is 8.78. The molecule has 1 rings (SSSR count). The van der Waals surface area contributed by atoms with Crippen LogP contribution in [0, 0.1) is 0 Å². The van der Waals surface area contributed by atoms with Gasteiger partial charge in [-0.05, 0) is 18.1 Å². The Morgan fingerprint density at radius 1 is 1.29 bits per heavy atom. The Labute approximate surface area is 152 Å². The molecule has 0 radical (unpaired) electrons. The lowest BCUT2D eigenvalue weighted by Crippen LogP contribution is -2.40. The van der Waals surface area contributed by atoms with Gasteiger partial charge in [-0.3, -0.25) is 9.79 Å². The Morgan fingerprint density at radius 2 is 2.00 bits per heavy atom. The van der Waals surface area contributed by atoms with Gasteiger partial charge in [0.05, 0.1) is 0 Å². The van der Waals surface area contributed by atoms with Crippen LogP contribution < -0.4 is 10.6 Å². The number of amides is 1. The molecule has 134 valence electrons. The summed E-state index contributed by atoms with van der Waals surface area (Å²) in [4.78, 5) is 18.1. The highest BCUT2D eigenvalue weighted by Crippen LogP contribution is 2.17. The fourth-order valence-corrected chi connectivity index (χ4v) is 2.50. The zero-order valence-corrected chi connectivity index (χ0v) is 16.2. The van der Waals surface area contributed by atoms with E-state index >= 15 is 0 Å². The Morgan fingerprint density at radius 3 is 2.67 bits per heavy atom. The van der Waals surface area contributed by atoms with Crippen molar-refractivity contribution in [2.45, 2.75) is 19.4 Å². The maximum atomic E-state index is 12.2. The molecule has 1 amide bonds. The highest BCUT2D eigenvalue weighted by molar-refractivity contribution is 9.10. The van der Waals surface area contributed by atoms with Crippen LogP contribution in [-0.4, -0.2) is 57.7 Å². The minimum Gasteiger partial charge on any atom is -0.385 e. The Balaban J connectivity index is 2.30. The van der Waals surface area contributed by atoms with Crippen molar-refractivity contribution in [3.63, 3.8) is 0 Å². The predicted octanol–water partition coefficient (Wildman–Crippen LogP) is 2.00. The van der Waals surface area contributed by atoms with Crippen molar-refractivity contribution in [2.75, 3.05) is 40.9 Å². The summed E-state index contributed by atoms with van der Waals surface area (Å²) in [5.41, 5.74) is 1.09. The van der Waals surface area contributed by atoms with Gasteiger partial charge in [-0.1, -0.05) is 34.1 Å². The van der Waals surface area contributed by atoms with Gasteiger partial charge in [0.15, 0.2) is 5.96 Å². The molecule has 0 unspecified atom stereocenters. The van der Waals surface area contributed by atoms with E-state index in [0.717, 1.165) is 23.0 Å². The molecule has 0 fully saturated rings. The lowest BCUT2D eigenvalue weighted by atomic mass is 10.2. The van der Waals surface area contributed by atoms with Crippen LogP contribution in [0.5, 0.6) is 0 Å². The molecule has 0 saturated heterocycles. The molecule has 0 aliphatic rings. The molecule has 0 aliphatic carbocycles. The van der Waals surface area contributed by atoms with Gasteiger partial charge in [0.1, 0.15) is 0 Å². The predicted molar refractivity (Wildman–Crippen MR) is 101 cm³/mol. The molecule has 0 heterocycles. The highest BCUT2D eigenvalue weighted by atomic mass is 79.9. The van der Waals surface area contributed by atoms with E-state index in [-0.39, 0.29) is 5.91 Å². The van der Waals surface area contributed by atoms with Crippen molar-refractivity contribution in [1.82, 2.24) is 15.5 Å². The number of methoxy groups -OCH3 is 1. The summed E-state index contributed by atoms with van der Waals surface area (Å²) < 4.78 is 6.02. The Kier molecular flexibility index (Phi) is 10.1. The standard InChI is InChI=1S/C17H27BrN4O2/c1-19-17(20-10-6-12-24-3)21-11-9-16(23)22(2)13-14-7-4-5-8-15(14)18/h4-5,7-8H,6,9-13H2,1-3H3,(H2,19,20,21). The molecule has 0 spiro atoms. The van der Waals surface area contributed by atoms with Crippen molar-refractivity contribution in [3.8, 4) is 0 Å². The molecule has 0 saturated carbocycles. The van der Waals surface area contributed by atoms with Gasteiger partial charge in [0.25, 0.3) is 0 Å². The van der Waals surface area contributed by atoms with E-state index in [2.05, 4.69) is 31.6 Å². The smallest absolute Gasteiger partial charge is 0.224 e. The summed E-state index contributed by atoms with van der Waals surface area (Å²) in [6, 6.07) is 7.93. The van der Waals surface area contributed by atoms with Crippen LogP contribution in [-0.2, 0) is 16.1 Å². The van der Waals surface area contributed by atoms with Crippen LogP contribution >= 0.6 is 15.9 Å². The maximum absolute atomic E-state index is 12.2. The van der Waals surface area contributed by atoms with Gasteiger partial charge >= 0.3 is 0 Å². The zero-order chi connectivity index (χ0) is 17.8. The summed E-state index contributed by atoms with van der Waals surface area (Å²) in [7, 11) is 5.22. The molecule has 0 aliphatic heterocycles. The molecule has 0 bridgehead atoms. The van der Waals surface area contributed by atoms with Crippen molar-refractivity contribution in [1.29, 1.82) is 0 Å². The van der Waals surface area contributed by atoms with Crippen molar-refractivity contribution in [2.24, 2.45) is 4.99 Å². The van der Waals surface area contributed by atoms with E-state index in [9.17, 15) is 4.79 Å². The van der Waals surface area contributed by atoms with E-state index < -0.39 is 0 Å². The summed E-state index contributed by atoms with van der Waals surface area (Å²) in [5, 5.41) is 6.33. The number of benzene rings is 1. The molecule has 2 N–H and O–H groups in total. The van der Waals surface area contributed by atoms with Gasteiger partial charge in [-0.25, -0.2) is 0 Å². The molecule has 1 aromatic carbocycles. The lowest BCUT2D eigenvalue weighted by Gasteiger charge is -2.19. The summed E-state index contributed by atoms with van der Waals surface area (Å²) >= 11 is 3.51. The Bertz CT molecular complexity index is 537. The Hall–Kier alpha value is -1.60. The topological polar surface area (TPSA) is 66.0 Å². The summed E-state index contributed by atoms with van der Waals surface area (Å²) in [5.74, 6) is 0.792. The van der Waals surface area contributed by atoms with Gasteiger partial charge in [-0.2, -0.15) is 0 Å². The number of ether oxygens (including phenoxy) is 1. The van der Waals surface area contributed by atoms with Gasteiger partial charge in [0.2, 0.25) is 5.91 Å². The van der Waals surface area contributed by atoms with E-state index in [1.54, 1.807) is 19.1 Å². The molecular weight excluding hydrogens is 372 g/mol. The summed E-state index contributed by atoms with van der Waals surface area (Å²) in [6.45, 7) is 2.62. The van der Waals surface area contributed by atoms with Crippen LogP contribution in [0.15, 0.2) is 33.7 Å². The quantitative estimate of drug-likeness (QED) is 0.379. The average molecular weight is 399 g/mol. The third kappa shape index (κ3) is 7.79. The monoisotopic (exact) mass is 398 g/mol. The van der Waals surface area contributed by atoms with Crippen LogP contribution in [0.2, 0.25) is 0 Å². The third-order valence-corrected chi connectivity index (χ3v) is 4.24. The first-order chi connectivity index (χ1) is 11.6. The summed E-state index contributed by atoms with van der Waals surface area (Å²) in [6.07, 6.45) is 1.32. The molecule has 1 aromatic rings. The third-order valence-electron chi connectivity index (χ3n) is 3.46. The van der Waals surface area contributed by atoms with Crippen molar-refractivity contribution < 1.29 is 9.53 Å². The first kappa shape index (κ1) is 20.4. The molecular formula is C17H27BrN4O2. The minimum atomic E-state index is 0.0908. The number of carbonyl (C=O) groups excluding carboxylic acids is 1. The highest BCUT2D eigenvalue weighted by Gasteiger charge is 2.10. The molecule has 6 nitrogen and oxygen atoms in total. The van der Waals surface area contributed by atoms with E-state index in [0.29, 0.717) is 32.1 Å². The zero-order valence-electron chi connectivity index (χ0n) is 14.6. The van der Waals surface area contributed by atoms with E-state index in [1.807, 2.05) is 31.3 Å². The van der Waals surface area contributed by atoms with Crippen molar-refractivity contribution >= 4 is 27.8 Å². The van der Waals surface area contributed by atoms with Crippen LogP contribution in [0.3, 0.4) is 0 Å². The largest absolute Gasteiger partial charge is 0.385 e. The van der Waals surface area contributed by atoms with Crippen LogP contribution in [0.25, 0.3) is 0 Å². The fraction of sp³-hybridized carbons (Fsp3) is 0.529. The number of nitrogens with one attached hydrogen (secondary N) is 2. The van der Waals surface area contributed by atoms with Gasteiger partial charge in [-0.15, -0.1) is 0 Å². The molecule has 0 aromatic heterocycles. The lowest BCUT2D eigenvalue weighted by molar-refractivity contribution is -0.130. The maximum Gasteiger partial charge on any atom is 0.224 e. The van der Waals surface area contributed by atoms with Crippen LogP contribution in [0.4, 0.5) is 0 Å². The number of nitrogens with zero attached hydrogens (tertiary/aromatic N) is 2. The minimum absolute atomic E-state index is 0.0908. The second-order valence-electron chi connectivity index (χ2n) is 5.36. The van der Waals surface area contributed by atoms with Crippen molar-refractivity contribution in [3.05, 3.63) is 34.3 Å². The number of aliphatic imine (C=N–C) groups is 1. The number of guanidine groups is 1. The molecule has 7 heteroatoms. The van der Waals surface area contributed by atoms with Crippen LogP contribution in [0.1, 0.15) is 18.4 Å². The SMILES string of the molecule is CN=C(NCCCOC)NCCC(=O)N(C)Cc1ccccc1Br. The second kappa shape index (κ2) is 11.9.